The van der Waals surface area contributed by atoms with E-state index in [0.717, 1.165) is 69.6 Å². The predicted octanol–water partition coefficient (Wildman–Crippen LogP) is 2.84. The summed E-state index contributed by atoms with van der Waals surface area (Å²) in [7, 11) is 1.65. The molecular weight excluding hydrogens is 318 g/mol. The Morgan fingerprint density at radius 1 is 1.04 bits per heavy atom. The highest BCUT2D eigenvalue weighted by Gasteiger charge is 1.98. The van der Waals surface area contributed by atoms with E-state index in [9.17, 15) is 0 Å². The van der Waals surface area contributed by atoms with E-state index < -0.39 is 0 Å². The highest BCUT2D eigenvalue weighted by Crippen LogP contribution is 2.18. The van der Waals surface area contributed by atoms with Crippen LogP contribution in [0.1, 0.15) is 33.1 Å². The minimum atomic E-state index is 0.629. The maximum atomic E-state index is 5.72. The molecule has 25 heavy (non-hydrogen) atoms. The molecule has 1 aromatic carbocycles. The largest absolute Gasteiger partial charge is 0.497 e. The second kappa shape index (κ2) is 14.4. The molecule has 0 fully saturated rings. The number of guanidine groups is 1. The molecule has 2 N–H and O–H groups in total. The van der Waals surface area contributed by atoms with Gasteiger partial charge in [-0.3, -0.25) is 4.99 Å². The van der Waals surface area contributed by atoms with Gasteiger partial charge in [-0.2, -0.15) is 0 Å². The third-order valence-electron chi connectivity index (χ3n) is 3.44. The first-order valence-electron chi connectivity index (χ1n) is 9.17. The molecule has 142 valence electrons. The van der Waals surface area contributed by atoms with Crippen LogP contribution in [0.3, 0.4) is 0 Å². The van der Waals surface area contributed by atoms with Gasteiger partial charge in [-0.1, -0.05) is 6.07 Å². The third-order valence-corrected chi connectivity index (χ3v) is 3.44. The number of hydrogen-bond donors (Lipinski definition) is 2. The minimum absolute atomic E-state index is 0.629. The normalized spacial score (nSPS) is 11.2. The number of unbranched alkanes of at least 4 members (excludes halogenated alkanes) is 1. The van der Waals surface area contributed by atoms with Crippen molar-refractivity contribution in [3.63, 3.8) is 0 Å². The Morgan fingerprint density at radius 3 is 2.64 bits per heavy atom. The molecule has 0 saturated carbocycles. The Kier molecular flexibility index (Phi) is 12.1. The van der Waals surface area contributed by atoms with Crippen LogP contribution >= 0.6 is 0 Å². The number of ether oxygens (including phenoxy) is 3. The molecule has 0 aromatic heterocycles. The fourth-order valence-electron chi connectivity index (χ4n) is 2.16. The lowest BCUT2D eigenvalue weighted by Crippen LogP contribution is -2.38. The lowest BCUT2D eigenvalue weighted by Gasteiger charge is -2.11. The third kappa shape index (κ3) is 10.5. The van der Waals surface area contributed by atoms with Crippen molar-refractivity contribution >= 4 is 5.96 Å². The summed E-state index contributed by atoms with van der Waals surface area (Å²) >= 11 is 0. The van der Waals surface area contributed by atoms with Gasteiger partial charge in [0.05, 0.1) is 13.7 Å². The standard InChI is InChI=1S/C19H33N3O3/c1-4-20-19(21-12-6-7-14-24-5-2)22-13-9-15-25-18-11-8-10-17(16-18)23-3/h8,10-11,16H,4-7,9,12-15H2,1-3H3,(H2,20,21,22). The van der Waals surface area contributed by atoms with E-state index >= 15 is 0 Å². The number of aliphatic imine (C=N–C) groups is 1. The molecule has 1 rings (SSSR count). The molecule has 0 atom stereocenters. The minimum Gasteiger partial charge on any atom is -0.497 e. The average molecular weight is 351 g/mol. The Balaban J connectivity index is 2.20. The smallest absolute Gasteiger partial charge is 0.191 e. The summed E-state index contributed by atoms with van der Waals surface area (Å²) in [5, 5.41) is 6.61. The van der Waals surface area contributed by atoms with Crippen molar-refractivity contribution < 1.29 is 14.2 Å². The van der Waals surface area contributed by atoms with Crippen molar-refractivity contribution in [1.29, 1.82) is 0 Å². The Morgan fingerprint density at radius 2 is 1.88 bits per heavy atom. The summed E-state index contributed by atoms with van der Waals surface area (Å²) in [6, 6.07) is 7.64. The van der Waals surface area contributed by atoms with Gasteiger partial charge in [-0.15, -0.1) is 0 Å². The molecule has 0 aliphatic rings. The topological polar surface area (TPSA) is 64.1 Å². The van der Waals surface area contributed by atoms with Crippen molar-refractivity contribution in [2.24, 2.45) is 4.99 Å². The fraction of sp³-hybridized carbons (Fsp3) is 0.632. The van der Waals surface area contributed by atoms with Gasteiger partial charge in [0.1, 0.15) is 11.5 Å². The zero-order chi connectivity index (χ0) is 18.2. The average Bonchev–Trinajstić information content (AvgIpc) is 2.64. The molecule has 1 aromatic rings. The predicted molar refractivity (Wildman–Crippen MR) is 103 cm³/mol. The number of nitrogens with one attached hydrogen (secondary N) is 2. The molecule has 0 radical (unpaired) electrons. The number of rotatable bonds is 13. The van der Waals surface area contributed by atoms with E-state index in [-0.39, 0.29) is 0 Å². The molecular formula is C19H33N3O3. The van der Waals surface area contributed by atoms with Crippen LogP contribution in [0.5, 0.6) is 11.5 Å². The Bertz CT molecular complexity index is 481. The summed E-state index contributed by atoms with van der Waals surface area (Å²) in [4.78, 5) is 4.57. The summed E-state index contributed by atoms with van der Waals surface area (Å²) < 4.78 is 16.2. The van der Waals surface area contributed by atoms with Gasteiger partial charge in [0.15, 0.2) is 5.96 Å². The van der Waals surface area contributed by atoms with Crippen LogP contribution in [0.25, 0.3) is 0 Å². The molecule has 0 aliphatic heterocycles. The molecule has 0 spiro atoms. The van der Waals surface area contributed by atoms with E-state index in [0.29, 0.717) is 6.61 Å². The monoisotopic (exact) mass is 351 g/mol. The van der Waals surface area contributed by atoms with Crippen LogP contribution in [0, 0.1) is 0 Å². The van der Waals surface area contributed by atoms with Crippen LogP contribution in [0.2, 0.25) is 0 Å². The number of nitrogens with zero attached hydrogens (tertiary/aromatic N) is 1. The van der Waals surface area contributed by atoms with Crippen LogP contribution in [0.15, 0.2) is 29.3 Å². The zero-order valence-corrected chi connectivity index (χ0v) is 15.8. The molecule has 6 nitrogen and oxygen atoms in total. The van der Waals surface area contributed by atoms with Crippen molar-refractivity contribution in [3.8, 4) is 11.5 Å². The zero-order valence-electron chi connectivity index (χ0n) is 15.8. The van der Waals surface area contributed by atoms with Gasteiger partial charge < -0.3 is 24.8 Å². The summed E-state index contributed by atoms with van der Waals surface area (Å²) in [5.41, 5.74) is 0. The quantitative estimate of drug-likeness (QED) is 0.325. The summed E-state index contributed by atoms with van der Waals surface area (Å²) in [6.07, 6.45) is 3.00. The molecule has 0 heterocycles. The molecule has 6 heteroatoms. The highest BCUT2D eigenvalue weighted by atomic mass is 16.5. The highest BCUT2D eigenvalue weighted by molar-refractivity contribution is 5.79. The first kappa shape index (κ1) is 21.1. The summed E-state index contributed by atoms with van der Waals surface area (Å²) in [5.74, 6) is 2.49. The number of methoxy groups -OCH3 is 1. The van der Waals surface area contributed by atoms with Crippen molar-refractivity contribution in [3.05, 3.63) is 24.3 Å². The molecule has 0 saturated heterocycles. The lowest BCUT2D eigenvalue weighted by atomic mass is 10.3. The van der Waals surface area contributed by atoms with E-state index in [4.69, 9.17) is 14.2 Å². The van der Waals surface area contributed by atoms with E-state index in [1.54, 1.807) is 7.11 Å². The maximum Gasteiger partial charge on any atom is 0.191 e. The van der Waals surface area contributed by atoms with Gasteiger partial charge in [0.25, 0.3) is 0 Å². The SMILES string of the molecule is CCNC(=NCCCOc1cccc(OC)c1)NCCCCOCC. The van der Waals surface area contributed by atoms with Crippen LogP contribution in [0.4, 0.5) is 0 Å². The van der Waals surface area contributed by atoms with Gasteiger partial charge in [0.2, 0.25) is 0 Å². The summed E-state index contributed by atoms with van der Waals surface area (Å²) in [6.45, 7) is 8.81. The van der Waals surface area contributed by atoms with Crippen LogP contribution in [-0.4, -0.2) is 52.5 Å². The van der Waals surface area contributed by atoms with Crippen molar-refractivity contribution in [2.75, 3.05) is 46.6 Å². The van der Waals surface area contributed by atoms with E-state index in [1.165, 1.54) is 0 Å². The van der Waals surface area contributed by atoms with Gasteiger partial charge >= 0.3 is 0 Å². The molecule has 0 unspecified atom stereocenters. The first-order valence-corrected chi connectivity index (χ1v) is 9.17. The van der Waals surface area contributed by atoms with Crippen LogP contribution < -0.4 is 20.1 Å². The second-order valence-corrected chi connectivity index (χ2v) is 5.47. The van der Waals surface area contributed by atoms with E-state index in [2.05, 4.69) is 22.5 Å². The fourth-order valence-corrected chi connectivity index (χ4v) is 2.16. The van der Waals surface area contributed by atoms with E-state index in [1.807, 2.05) is 31.2 Å². The van der Waals surface area contributed by atoms with Gasteiger partial charge in [-0.25, -0.2) is 0 Å². The molecule has 0 bridgehead atoms. The number of benzene rings is 1. The number of hydrogen-bond acceptors (Lipinski definition) is 4. The maximum absolute atomic E-state index is 5.72. The second-order valence-electron chi connectivity index (χ2n) is 5.47. The van der Waals surface area contributed by atoms with Gasteiger partial charge in [-0.05, 0) is 38.8 Å². The lowest BCUT2D eigenvalue weighted by molar-refractivity contribution is 0.143. The van der Waals surface area contributed by atoms with Crippen LogP contribution in [-0.2, 0) is 4.74 Å². The Labute approximate surface area is 152 Å². The van der Waals surface area contributed by atoms with Crippen molar-refractivity contribution in [1.82, 2.24) is 10.6 Å². The molecule has 0 aliphatic carbocycles. The molecule has 0 amide bonds. The van der Waals surface area contributed by atoms with Crippen molar-refractivity contribution in [2.45, 2.75) is 33.1 Å². The van der Waals surface area contributed by atoms with Gasteiger partial charge in [0, 0.05) is 45.3 Å². The first-order chi connectivity index (χ1) is 12.3. The Hall–Kier alpha value is -1.95.